The second kappa shape index (κ2) is 7.13. The van der Waals surface area contributed by atoms with Crippen LogP contribution in [0.5, 0.6) is 0 Å². The predicted octanol–water partition coefficient (Wildman–Crippen LogP) is 3.60. The number of rotatable bonds is 3. The largest absolute Gasteiger partial charge is 0.394 e. The fourth-order valence-electron chi connectivity index (χ4n) is 4.24. The number of likely N-dealkylation sites (tertiary alicyclic amines) is 1. The van der Waals surface area contributed by atoms with Crippen LogP contribution in [0.2, 0.25) is 0 Å². The van der Waals surface area contributed by atoms with Crippen LogP contribution in [0.3, 0.4) is 0 Å². The minimum Gasteiger partial charge on any atom is -0.394 e. The first-order chi connectivity index (χ1) is 9.93. The van der Waals surface area contributed by atoms with E-state index in [0.29, 0.717) is 18.3 Å². The Bertz CT molecular complexity index is 342. The molecule has 1 saturated heterocycles. The molecule has 1 aliphatic carbocycles. The monoisotopic (exact) mass is 295 g/mol. The first kappa shape index (κ1) is 16.8. The highest BCUT2D eigenvalue weighted by Gasteiger charge is 2.35. The standard InChI is InChI=1S/C18H33NO2/c1-18(2,3)15-9-10-17(21)19(12-11-15)16(13-20)14-7-5-4-6-8-14/h14-16,20H,4-13H2,1-3H3/t15-,16+/m1/s1. The normalized spacial score (nSPS) is 27.5. The molecule has 1 heterocycles. The van der Waals surface area contributed by atoms with Gasteiger partial charge in [-0.25, -0.2) is 0 Å². The molecule has 1 aliphatic heterocycles. The van der Waals surface area contributed by atoms with Gasteiger partial charge in [0.1, 0.15) is 0 Å². The Morgan fingerprint density at radius 2 is 1.81 bits per heavy atom. The summed E-state index contributed by atoms with van der Waals surface area (Å²) in [4.78, 5) is 14.6. The lowest BCUT2D eigenvalue weighted by Gasteiger charge is -2.37. The van der Waals surface area contributed by atoms with Gasteiger partial charge >= 0.3 is 0 Å². The average molecular weight is 295 g/mol. The molecule has 122 valence electrons. The third-order valence-corrected chi connectivity index (χ3v) is 5.75. The molecule has 2 atom stereocenters. The minimum atomic E-state index is 0.0662. The van der Waals surface area contributed by atoms with Crippen LogP contribution < -0.4 is 0 Å². The zero-order valence-corrected chi connectivity index (χ0v) is 14.1. The first-order valence-corrected chi connectivity index (χ1v) is 8.84. The van der Waals surface area contributed by atoms with Crippen molar-refractivity contribution in [3.05, 3.63) is 0 Å². The van der Waals surface area contributed by atoms with E-state index < -0.39 is 0 Å². The molecule has 0 aromatic rings. The smallest absolute Gasteiger partial charge is 0.222 e. The van der Waals surface area contributed by atoms with Crippen LogP contribution in [0.4, 0.5) is 0 Å². The van der Waals surface area contributed by atoms with Gasteiger partial charge in [-0.1, -0.05) is 40.0 Å². The summed E-state index contributed by atoms with van der Waals surface area (Å²) in [5.74, 6) is 1.39. The van der Waals surface area contributed by atoms with E-state index in [2.05, 4.69) is 20.8 Å². The summed E-state index contributed by atoms with van der Waals surface area (Å²) in [5.41, 5.74) is 0.274. The molecule has 3 heteroatoms. The molecule has 0 spiro atoms. The number of nitrogens with zero attached hydrogens (tertiary/aromatic N) is 1. The van der Waals surface area contributed by atoms with Crippen LogP contribution in [-0.2, 0) is 4.79 Å². The molecule has 2 aliphatic rings. The van der Waals surface area contributed by atoms with E-state index in [9.17, 15) is 9.90 Å². The van der Waals surface area contributed by atoms with Crippen molar-refractivity contribution in [2.45, 2.75) is 78.2 Å². The van der Waals surface area contributed by atoms with Crippen LogP contribution in [0, 0.1) is 17.3 Å². The van der Waals surface area contributed by atoms with Crippen molar-refractivity contribution in [1.29, 1.82) is 0 Å². The number of carbonyl (C=O) groups excluding carboxylic acids is 1. The van der Waals surface area contributed by atoms with E-state index in [0.717, 1.165) is 19.4 Å². The quantitative estimate of drug-likeness (QED) is 0.864. The first-order valence-electron chi connectivity index (χ1n) is 8.84. The summed E-state index contributed by atoms with van der Waals surface area (Å²) >= 11 is 0. The molecule has 0 radical (unpaired) electrons. The van der Waals surface area contributed by atoms with Crippen molar-refractivity contribution in [2.75, 3.05) is 13.2 Å². The topological polar surface area (TPSA) is 40.5 Å². The van der Waals surface area contributed by atoms with Crippen LogP contribution in [0.15, 0.2) is 0 Å². The van der Waals surface area contributed by atoms with Gasteiger partial charge in [-0.3, -0.25) is 4.79 Å². The van der Waals surface area contributed by atoms with Crippen molar-refractivity contribution in [3.8, 4) is 0 Å². The van der Waals surface area contributed by atoms with E-state index in [1.54, 1.807) is 0 Å². The van der Waals surface area contributed by atoms with Crippen molar-refractivity contribution in [1.82, 2.24) is 4.90 Å². The maximum absolute atomic E-state index is 12.5. The summed E-state index contributed by atoms with van der Waals surface area (Å²) in [7, 11) is 0. The molecule has 0 aromatic carbocycles. The molecule has 2 rings (SSSR count). The molecule has 2 fully saturated rings. The van der Waals surface area contributed by atoms with Crippen molar-refractivity contribution in [2.24, 2.45) is 17.3 Å². The molecular formula is C18H33NO2. The molecule has 3 nitrogen and oxygen atoms in total. The zero-order valence-electron chi connectivity index (χ0n) is 14.1. The molecule has 0 aromatic heterocycles. The number of hydrogen-bond acceptors (Lipinski definition) is 2. The number of aliphatic hydroxyl groups excluding tert-OH is 1. The molecule has 21 heavy (non-hydrogen) atoms. The van der Waals surface area contributed by atoms with Crippen LogP contribution in [0.25, 0.3) is 0 Å². The van der Waals surface area contributed by atoms with Gasteiger partial charge in [0.25, 0.3) is 0 Å². The van der Waals surface area contributed by atoms with Gasteiger partial charge in [0.05, 0.1) is 12.6 Å². The van der Waals surface area contributed by atoms with E-state index in [1.165, 1.54) is 32.1 Å². The summed E-state index contributed by atoms with van der Waals surface area (Å²) in [6, 6.07) is 0.0662. The van der Waals surface area contributed by atoms with Gasteiger partial charge in [-0.15, -0.1) is 0 Å². The Kier molecular flexibility index (Phi) is 5.70. The zero-order chi connectivity index (χ0) is 15.5. The highest BCUT2D eigenvalue weighted by molar-refractivity contribution is 5.76. The van der Waals surface area contributed by atoms with Gasteiger partial charge in [0.15, 0.2) is 0 Å². The molecular weight excluding hydrogens is 262 g/mol. The van der Waals surface area contributed by atoms with E-state index in [1.807, 2.05) is 4.90 Å². The maximum Gasteiger partial charge on any atom is 0.222 e. The predicted molar refractivity (Wildman–Crippen MR) is 86.0 cm³/mol. The Labute approximate surface area is 130 Å². The lowest BCUT2D eigenvalue weighted by Crippen LogP contribution is -2.47. The van der Waals surface area contributed by atoms with E-state index >= 15 is 0 Å². The highest BCUT2D eigenvalue weighted by Crippen LogP contribution is 2.36. The van der Waals surface area contributed by atoms with E-state index in [4.69, 9.17) is 0 Å². The van der Waals surface area contributed by atoms with Crippen LogP contribution in [-0.4, -0.2) is 35.1 Å². The van der Waals surface area contributed by atoms with Gasteiger partial charge < -0.3 is 10.0 Å². The Balaban J connectivity index is 2.04. The van der Waals surface area contributed by atoms with Gasteiger partial charge in [-0.2, -0.15) is 0 Å². The number of aliphatic hydroxyl groups is 1. The summed E-state index contributed by atoms with van der Waals surface area (Å²) in [6.45, 7) is 7.81. The van der Waals surface area contributed by atoms with Crippen LogP contribution >= 0.6 is 0 Å². The Morgan fingerprint density at radius 1 is 1.14 bits per heavy atom. The SMILES string of the molecule is CC(C)(C)[C@@H]1CCC(=O)N([C@@H](CO)C2CCCCC2)CC1. The lowest BCUT2D eigenvalue weighted by molar-refractivity contribution is -0.135. The van der Waals surface area contributed by atoms with Crippen molar-refractivity contribution >= 4 is 5.91 Å². The molecule has 0 unspecified atom stereocenters. The number of hydrogen-bond donors (Lipinski definition) is 1. The molecule has 1 amide bonds. The van der Waals surface area contributed by atoms with Crippen molar-refractivity contribution < 1.29 is 9.90 Å². The minimum absolute atomic E-state index is 0.0662. The van der Waals surface area contributed by atoms with Crippen molar-refractivity contribution in [3.63, 3.8) is 0 Å². The second-order valence-electron chi connectivity index (χ2n) is 8.13. The van der Waals surface area contributed by atoms with Gasteiger partial charge in [0, 0.05) is 13.0 Å². The van der Waals surface area contributed by atoms with Gasteiger partial charge in [-0.05, 0) is 42.9 Å². The second-order valence-corrected chi connectivity index (χ2v) is 8.13. The third-order valence-electron chi connectivity index (χ3n) is 5.75. The third kappa shape index (κ3) is 4.21. The van der Waals surface area contributed by atoms with Gasteiger partial charge in [0.2, 0.25) is 5.91 Å². The fourth-order valence-corrected chi connectivity index (χ4v) is 4.24. The average Bonchev–Trinajstić information content (AvgIpc) is 2.64. The summed E-state index contributed by atoms with van der Waals surface area (Å²) < 4.78 is 0. The fraction of sp³-hybridized carbons (Fsp3) is 0.944. The molecule has 1 N–H and O–H groups in total. The lowest BCUT2D eigenvalue weighted by atomic mass is 9.76. The maximum atomic E-state index is 12.5. The Morgan fingerprint density at radius 3 is 2.38 bits per heavy atom. The highest BCUT2D eigenvalue weighted by atomic mass is 16.3. The van der Waals surface area contributed by atoms with Crippen LogP contribution in [0.1, 0.15) is 72.1 Å². The number of amides is 1. The number of carbonyl (C=O) groups is 1. The molecule has 0 bridgehead atoms. The summed E-state index contributed by atoms with van der Waals surface area (Å²) in [6.07, 6.45) is 8.93. The van der Waals surface area contributed by atoms with E-state index in [-0.39, 0.29) is 24.0 Å². The Hall–Kier alpha value is -0.570. The molecule has 1 saturated carbocycles. The summed E-state index contributed by atoms with van der Waals surface area (Å²) in [5, 5.41) is 9.87.